The van der Waals surface area contributed by atoms with E-state index in [1.165, 1.54) is 14.2 Å². The van der Waals surface area contributed by atoms with Crippen molar-refractivity contribution >= 4 is 11.9 Å². The van der Waals surface area contributed by atoms with Gasteiger partial charge in [0.05, 0.1) is 14.2 Å². The smallest absolute Gasteiger partial charge is 0.358 e. The summed E-state index contributed by atoms with van der Waals surface area (Å²) in [5.41, 5.74) is 5.47. The quantitative estimate of drug-likeness (QED) is 0.776. The molecule has 0 saturated heterocycles. The van der Waals surface area contributed by atoms with E-state index in [1.54, 1.807) is 18.2 Å². The van der Waals surface area contributed by atoms with Gasteiger partial charge in [0.2, 0.25) is 5.91 Å². The van der Waals surface area contributed by atoms with Crippen LogP contribution in [0.15, 0.2) is 18.2 Å². The number of ether oxygens (including phenoxy) is 2. The number of rotatable bonds is 6. The van der Waals surface area contributed by atoms with Crippen molar-refractivity contribution in [2.45, 2.75) is 6.54 Å². The Hall–Kier alpha value is -3.10. The number of hydrogen-bond donors (Lipinski definition) is 2. The Balaban J connectivity index is 2.61. The average molecular weight is 306 g/mol. The summed E-state index contributed by atoms with van der Waals surface area (Å²) in [4.78, 5) is 22.4. The number of aromatic carboxylic acids is 1. The highest BCUT2D eigenvalue weighted by atomic mass is 16.5. The van der Waals surface area contributed by atoms with Crippen LogP contribution >= 0.6 is 0 Å². The minimum Gasteiger partial charge on any atom is -0.493 e. The molecule has 0 aliphatic heterocycles. The third-order valence-corrected chi connectivity index (χ3v) is 2.90. The van der Waals surface area contributed by atoms with Gasteiger partial charge in [-0.3, -0.25) is 4.79 Å². The number of carbonyl (C=O) groups excluding carboxylic acids is 1. The maximum Gasteiger partial charge on any atom is 0.358 e. The third kappa shape index (κ3) is 2.82. The lowest BCUT2D eigenvalue weighted by atomic mass is 10.1. The number of aromatic nitrogens is 3. The number of carbonyl (C=O) groups is 2. The number of nitrogens with zero attached hydrogens (tertiary/aromatic N) is 3. The number of hydrogen-bond acceptors (Lipinski definition) is 6. The van der Waals surface area contributed by atoms with Crippen molar-refractivity contribution < 1.29 is 24.2 Å². The summed E-state index contributed by atoms with van der Waals surface area (Å²) in [5.74, 6) is -1.04. The number of amides is 1. The molecule has 116 valence electrons. The molecule has 1 aromatic heterocycles. The van der Waals surface area contributed by atoms with Gasteiger partial charge in [0.1, 0.15) is 12.2 Å². The molecule has 1 aromatic carbocycles. The predicted molar refractivity (Wildman–Crippen MR) is 74.7 cm³/mol. The molecule has 22 heavy (non-hydrogen) atoms. The van der Waals surface area contributed by atoms with Crippen molar-refractivity contribution in [1.82, 2.24) is 15.0 Å². The van der Waals surface area contributed by atoms with Crippen LogP contribution in [0.4, 0.5) is 0 Å². The van der Waals surface area contributed by atoms with Crippen LogP contribution in [0.1, 0.15) is 10.5 Å². The zero-order chi connectivity index (χ0) is 16.3. The van der Waals surface area contributed by atoms with Crippen LogP contribution in [-0.4, -0.2) is 46.2 Å². The molecule has 0 unspecified atom stereocenters. The van der Waals surface area contributed by atoms with Crippen LogP contribution in [0.25, 0.3) is 11.3 Å². The molecule has 1 heterocycles. The molecular weight excluding hydrogens is 292 g/mol. The first kappa shape index (κ1) is 15.3. The number of methoxy groups -OCH3 is 2. The van der Waals surface area contributed by atoms with Gasteiger partial charge in [0.15, 0.2) is 17.2 Å². The van der Waals surface area contributed by atoms with Crippen LogP contribution in [0, 0.1) is 0 Å². The molecule has 2 rings (SSSR count). The number of carboxylic acids is 1. The monoisotopic (exact) mass is 306 g/mol. The van der Waals surface area contributed by atoms with Gasteiger partial charge in [0, 0.05) is 5.56 Å². The molecule has 0 atom stereocenters. The van der Waals surface area contributed by atoms with Crippen LogP contribution in [0.2, 0.25) is 0 Å². The highest BCUT2D eigenvalue weighted by Crippen LogP contribution is 2.33. The first-order valence-corrected chi connectivity index (χ1v) is 6.15. The standard InChI is InChI=1S/C13H14N4O5/c1-21-8-4-3-7(5-9(8)22-2)12-11(13(19)20)15-16-17(12)6-10(14)18/h3-5H,6H2,1-2H3,(H2,14,18)(H,19,20). The van der Waals surface area contributed by atoms with Gasteiger partial charge in [-0.25, -0.2) is 9.48 Å². The number of primary amides is 1. The van der Waals surface area contributed by atoms with E-state index in [-0.39, 0.29) is 17.9 Å². The average Bonchev–Trinajstić information content (AvgIpc) is 2.89. The molecule has 0 aliphatic carbocycles. The normalized spacial score (nSPS) is 10.3. The molecular formula is C13H14N4O5. The number of benzene rings is 1. The van der Waals surface area contributed by atoms with E-state index >= 15 is 0 Å². The molecule has 0 radical (unpaired) electrons. The lowest BCUT2D eigenvalue weighted by Crippen LogP contribution is -2.20. The van der Waals surface area contributed by atoms with Crippen molar-refractivity contribution in [2.24, 2.45) is 5.73 Å². The fourth-order valence-corrected chi connectivity index (χ4v) is 1.98. The Morgan fingerprint density at radius 2 is 1.95 bits per heavy atom. The van der Waals surface area contributed by atoms with Gasteiger partial charge in [-0.05, 0) is 18.2 Å². The van der Waals surface area contributed by atoms with Crippen molar-refractivity contribution in [3.05, 3.63) is 23.9 Å². The summed E-state index contributed by atoms with van der Waals surface area (Å²) < 4.78 is 11.4. The second-order valence-corrected chi connectivity index (χ2v) is 4.29. The van der Waals surface area contributed by atoms with E-state index in [9.17, 15) is 14.7 Å². The summed E-state index contributed by atoms with van der Waals surface area (Å²) in [6.07, 6.45) is 0. The lowest BCUT2D eigenvalue weighted by Gasteiger charge is -2.10. The van der Waals surface area contributed by atoms with Crippen LogP contribution in [0.3, 0.4) is 0 Å². The minimum atomic E-state index is -1.26. The summed E-state index contributed by atoms with van der Waals surface area (Å²) in [5, 5.41) is 16.5. The number of carboxylic acid groups (broad SMARTS) is 1. The van der Waals surface area contributed by atoms with Crippen molar-refractivity contribution in [2.75, 3.05) is 14.2 Å². The van der Waals surface area contributed by atoms with Crippen LogP contribution in [-0.2, 0) is 11.3 Å². The van der Waals surface area contributed by atoms with Crippen LogP contribution < -0.4 is 15.2 Å². The van der Waals surface area contributed by atoms with E-state index in [4.69, 9.17) is 15.2 Å². The second kappa shape index (κ2) is 6.12. The zero-order valence-electron chi connectivity index (χ0n) is 11.9. The Morgan fingerprint density at radius 1 is 1.27 bits per heavy atom. The molecule has 1 amide bonds. The van der Waals surface area contributed by atoms with Crippen LogP contribution in [0.5, 0.6) is 11.5 Å². The van der Waals surface area contributed by atoms with E-state index in [0.29, 0.717) is 17.1 Å². The molecule has 9 nitrogen and oxygen atoms in total. The molecule has 0 saturated carbocycles. The Bertz CT molecular complexity index is 725. The molecule has 0 bridgehead atoms. The molecule has 2 aromatic rings. The highest BCUT2D eigenvalue weighted by Gasteiger charge is 2.22. The molecule has 0 fully saturated rings. The maximum atomic E-state index is 11.3. The van der Waals surface area contributed by atoms with Crippen molar-refractivity contribution in [1.29, 1.82) is 0 Å². The highest BCUT2D eigenvalue weighted by molar-refractivity contribution is 5.93. The first-order valence-electron chi connectivity index (χ1n) is 6.15. The molecule has 0 aliphatic rings. The maximum absolute atomic E-state index is 11.3. The van der Waals surface area contributed by atoms with Gasteiger partial charge in [-0.15, -0.1) is 5.10 Å². The van der Waals surface area contributed by atoms with E-state index in [0.717, 1.165) is 4.68 Å². The van der Waals surface area contributed by atoms with Gasteiger partial charge in [0.25, 0.3) is 0 Å². The van der Waals surface area contributed by atoms with Crippen molar-refractivity contribution in [3.8, 4) is 22.8 Å². The Labute approximate surface area is 125 Å². The van der Waals surface area contributed by atoms with E-state index in [2.05, 4.69) is 10.3 Å². The first-order chi connectivity index (χ1) is 10.5. The second-order valence-electron chi connectivity index (χ2n) is 4.29. The Morgan fingerprint density at radius 3 is 2.50 bits per heavy atom. The summed E-state index contributed by atoms with van der Waals surface area (Å²) >= 11 is 0. The Kier molecular flexibility index (Phi) is 4.25. The fourth-order valence-electron chi connectivity index (χ4n) is 1.98. The summed E-state index contributed by atoms with van der Waals surface area (Å²) in [6.45, 7) is -0.288. The fraction of sp³-hybridized carbons (Fsp3) is 0.231. The van der Waals surface area contributed by atoms with Crippen molar-refractivity contribution in [3.63, 3.8) is 0 Å². The minimum absolute atomic E-state index is 0.159. The van der Waals surface area contributed by atoms with Gasteiger partial charge >= 0.3 is 5.97 Å². The van der Waals surface area contributed by atoms with Gasteiger partial charge in [-0.2, -0.15) is 0 Å². The molecule has 0 spiro atoms. The lowest BCUT2D eigenvalue weighted by molar-refractivity contribution is -0.118. The summed E-state index contributed by atoms with van der Waals surface area (Å²) in [7, 11) is 2.94. The number of nitrogens with two attached hydrogens (primary N) is 1. The van der Waals surface area contributed by atoms with E-state index in [1.807, 2.05) is 0 Å². The van der Waals surface area contributed by atoms with Gasteiger partial charge < -0.3 is 20.3 Å². The molecule has 9 heteroatoms. The molecule has 3 N–H and O–H groups in total. The van der Waals surface area contributed by atoms with Gasteiger partial charge in [-0.1, -0.05) is 5.21 Å². The topological polar surface area (TPSA) is 130 Å². The third-order valence-electron chi connectivity index (χ3n) is 2.90. The predicted octanol–water partition coefficient (Wildman–Crippen LogP) is 0.146. The zero-order valence-corrected chi connectivity index (χ0v) is 11.9. The SMILES string of the molecule is COc1ccc(-c2c(C(=O)O)nnn2CC(N)=O)cc1OC. The van der Waals surface area contributed by atoms with E-state index < -0.39 is 11.9 Å². The largest absolute Gasteiger partial charge is 0.493 e. The summed E-state index contributed by atoms with van der Waals surface area (Å²) in [6, 6.07) is 4.80.